The van der Waals surface area contributed by atoms with Gasteiger partial charge in [-0.15, -0.1) is 0 Å². The molecule has 3 nitrogen and oxygen atoms in total. The maximum Gasteiger partial charge on any atom is 0.305 e. The second kappa shape index (κ2) is 9.97. The zero-order valence-corrected chi connectivity index (χ0v) is 10.00. The van der Waals surface area contributed by atoms with Gasteiger partial charge in [-0.25, -0.2) is 0 Å². The lowest BCUT2D eigenvalue weighted by molar-refractivity contribution is -0.144. The van der Waals surface area contributed by atoms with Crippen LogP contribution < -0.4 is 0 Å². The number of unbranched alkanes of at least 4 members (excludes halogenated alkanes) is 3. The standard InChI is InChI=1S/C12H24O3/c1-11(2)7-8-12(14)15-10-6-4-3-5-9-13/h11,13H,3-10H2,1-2H3. The van der Waals surface area contributed by atoms with Gasteiger partial charge in [-0.05, 0) is 31.6 Å². The molecule has 0 rings (SSSR count). The first-order chi connectivity index (χ1) is 7.16. The summed E-state index contributed by atoms with van der Waals surface area (Å²) in [7, 11) is 0. The molecule has 0 bridgehead atoms. The van der Waals surface area contributed by atoms with Gasteiger partial charge >= 0.3 is 5.97 Å². The quantitative estimate of drug-likeness (QED) is 0.476. The van der Waals surface area contributed by atoms with E-state index in [1.165, 1.54) is 0 Å². The van der Waals surface area contributed by atoms with Gasteiger partial charge in [0.15, 0.2) is 0 Å². The molecule has 0 aromatic rings. The lowest BCUT2D eigenvalue weighted by Crippen LogP contribution is -2.07. The van der Waals surface area contributed by atoms with Crippen molar-refractivity contribution in [1.82, 2.24) is 0 Å². The highest BCUT2D eigenvalue weighted by atomic mass is 16.5. The molecule has 0 saturated heterocycles. The van der Waals surface area contributed by atoms with Crippen LogP contribution >= 0.6 is 0 Å². The third kappa shape index (κ3) is 11.4. The molecule has 0 aromatic heterocycles. The van der Waals surface area contributed by atoms with Gasteiger partial charge in [0.25, 0.3) is 0 Å². The molecule has 0 aliphatic carbocycles. The molecule has 0 spiro atoms. The van der Waals surface area contributed by atoms with Crippen LogP contribution in [0.25, 0.3) is 0 Å². The van der Waals surface area contributed by atoms with Crippen molar-refractivity contribution >= 4 is 5.97 Å². The largest absolute Gasteiger partial charge is 0.466 e. The molecular formula is C12H24O3. The Balaban J connectivity index is 3.17. The molecule has 0 amide bonds. The number of esters is 1. The Bertz CT molecular complexity index is 155. The molecule has 0 radical (unpaired) electrons. The Morgan fingerprint density at radius 1 is 1.20 bits per heavy atom. The number of ether oxygens (including phenoxy) is 1. The second-order valence-electron chi connectivity index (χ2n) is 4.29. The van der Waals surface area contributed by atoms with Crippen molar-refractivity contribution in [2.24, 2.45) is 5.92 Å². The monoisotopic (exact) mass is 216 g/mol. The molecule has 0 fully saturated rings. The van der Waals surface area contributed by atoms with E-state index in [9.17, 15) is 4.79 Å². The van der Waals surface area contributed by atoms with Gasteiger partial charge < -0.3 is 9.84 Å². The molecule has 0 saturated carbocycles. The fourth-order valence-corrected chi connectivity index (χ4v) is 1.23. The zero-order chi connectivity index (χ0) is 11.5. The number of carbonyl (C=O) groups is 1. The number of aliphatic hydroxyl groups is 1. The predicted molar refractivity (Wildman–Crippen MR) is 60.6 cm³/mol. The lowest BCUT2D eigenvalue weighted by Gasteiger charge is -2.06. The Morgan fingerprint density at radius 2 is 1.87 bits per heavy atom. The molecule has 3 heteroatoms. The maximum atomic E-state index is 11.2. The van der Waals surface area contributed by atoms with Gasteiger partial charge in [0.2, 0.25) is 0 Å². The lowest BCUT2D eigenvalue weighted by atomic mass is 10.1. The fraction of sp³-hybridized carbons (Fsp3) is 0.917. The summed E-state index contributed by atoms with van der Waals surface area (Å²) in [6.07, 6.45) is 5.24. The normalized spacial score (nSPS) is 10.7. The Kier molecular flexibility index (Phi) is 9.59. The van der Waals surface area contributed by atoms with Gasteiger partial charge in [0.05, 0.1) is 6.61 Å². The highest BCUT2D eigenvalue weighted by Gasteiger charge is 2.03. The second-order valence-corrected chi connectivity index (χ2v) is 4.29. The number of aliphatic hydroxyl groups excluding tert-OH is 1. The van der Waals surface area contributed by atoms with Crippen LogP contribution in [0.1, 0.15) is 52.4 Å². The highest BCUT2D eigenvalue weighted by Crippen LogP contribution is 2.05. The van der Waals surface area contributed by atoms with Crippen LogP contribution in [0.2, 0.25) is 0 Å². The van der Waals surface area contributed by atoms with Gasteiger partial charge in [-0.1, -0.05) is 20.3 Å². The first kappa shape index (κ1) is 14.4. The van der Waals surface area contributed by atoms with Crippen molar-refractivity contribution in [2.75, 3.05) is 13.2 Å². The first-order valence-corrected chi connectivity index (χ1v) is 5.93. The minimum absolute atomic E-state index is 0.0779. The molecule has 0 heterocycles. The summed E-state index contributed by atoms with van der Waals surface area (Å²) in [4.78, 5) is 11.2. The Hall–Kier alpha value is -0.570. The number of carbonyl (C=O) groups excluding carboxylic acids is 1. The summed E-state index contributed by atoms with van der Waals surface area (Å²) >= 11 is 0. The van der Waals surface area contributed by atoms with Crippen LogP contribution in [0.3, 0.4) is 0 Å². The molecule has 90 valence electrons. The summed E-state index contributed by atoms with van der Waals surface area (Å²) in [6.45, 7) is 4.99. The number of hydrogen-bond donors (Lipinski definition) is 1. The third-order valence-electron chi connectivity index (χ3n) is 2.24. The smallest absolute Gasteiger partial charge is 0.305 e. The summed E-state index contributed by atoms with van der Waals surface area (Å²) in [5.41, 5.74) is 0. The van der Waals surface area contributed by atoms with Crippen molar-refractivity contribution in [3.8, 4) is 0 Å². The van der Waals surface area contributed by atoms with Crippen LogP contribution in [-0.2, 0) is 9.53 Å². The maximum absolute atomic E-state index is 11.2. The molecule has 0 aliphatic heterocycles. The van der Waals surface area contributed by atoms with Crippen LogP contribution in [0.5, 0.6) is 0 Å². The summed E-state index contributed by atoms with van der Waals surface area (Å²) < 4.78 is 5.07. The minimum Gasteiger partial charge on any atom is -0.466 e. The minimum atomic E-state index is -0.0779. The summed E-state index contributed by atoms with van der Waals surface area (Å²) in [6, 6.07) is 0. The fourth-order valence-electron chi connectivity index (χ4n) is 1.23. The molecule has 0 aliphatic rings. The van der Waals surface area contributed by atoms with E-state index in [0.29, 0.717) is 18.9 Å². The van der Waals surface area contributed by atoms with Crippen molar-refractivity contribution in [1.29, 1.82) is 0 Å². The van der Waals surface area contributed by atoms with Crippen LogP contribution in [0.4, 0.5) is 0 Å². The van der Waals surface area contributed by atoms with E-state index < -0.39 is 0 Å². The molecule has 1 N–H and O–H groups in total. The van der Waals surface area contributed by atoms with E-state index in [4.69, 9.17) is 9.84 Å². The van der Waals surface area contributed by atoms with Gasteiger partial charge in [0.1, 0.15) is 0 Å². The SMILES string of the molecule is CC(C)CCC(=O)OCCCCCCO. The van der Waals surface area contributed by atoms with Gasteiger partial charge in [-0.3, -0.25) is 4.79 Å². The van der Waals surface area contributed by atoms with Crippen molar-refractivity contribution < 1.29 is 14.6 Å². The Labute approximate surface area is 92.8 Å². The van der Waals surface area contributed by atoms with Crippen LogP contribution in [0, 0.1) is 5.92 Å². The number of hydrogen-bond acceptors (Lipinski definition) is 3. The molecule has 0 aromatic carbocycles. The molecule has 15 heavy (non-hydrogen) atoms. The van der Waals surface area contributed by atoms with E-state index in [-0.39, 0.29) is 12.6 Å². The van der Waals surface area contributed by atoms with Crippen molar-refractivity contribution in [3.05, 3.63) is 0 Å². The average molecular weight is 216 g/mol. The summed E-state index contributed by atoms with van der Waals surface area (Å²) in [5.74, 6) is 0.480. The van der Waals surface area contributed by atoms with E-state index in [2.05, 4.69) is 13.8 Å². The zero-order valence-electron chi connectivity index (χ0n) is 10.00. The number of rotatable bonds is 9. The van der Waals surface area contributed by atoms with Crippen LogP contribution in [-0.4, -0.2) is 24.3 Å². The van der Waals surface area contributed by atoms with E-state index in [1.807, 2.05) is 0 Å². The first-order valence-electron chi connectivity index (χ1n) is 5.93. The Morgan fingerprint density at radius 3 is 2.47 bits per heavy atom. The van der Waals surface area contributed by atoms with E-state index in [1.54, 1.807) is 0 Å². The molecule has 0 atom stereocenters. The summed E-state index contributed by atoms with van der Waals surface area (Å²) in [5, 5.41) is 8.55. The van der Waals surface area contributed by atoms with Crippen molar-refractivity contribution in [3.63, 3.8) is 0 Å². The molecular weight excluding hydrogens is 192 g/mol. The molecule has 0 unspecified atom stereocenters. The van der Waals surface area contributed by atoms with Crippen molar-refractivity contribution in [2.45, 2.75) is 52.4 Å². The predicted octanol–water partition coefficient (Wildman–Crippen LogP) is 2.52. The average Bonchev–Trinajstić information content (AvgIpc) is 2.20. The van der Waals surface area contributed by atoms with Gasteiger partial charge in [-0.2, -0.15) is 0 Å². The van der Waals surface area contributed by atoms with E-state index >= 15 is 0 Å². The van der Waals surface area contributed by atoms with Gasteiger partial charge in [0, 0.05) is 13.0 Å². The third-order valence-corrected chi connectivity index (χ3v) is 2.24. The van der Waals surface area contributed by atoms with Crippen LogP contribution in [0.15, 0.2) is 0 Å². The van der Waals surface area contributed by atoms with E-state index in [0.717, 1.165) is 32.1 Å². The highest BCUT2D eigenvalue weighted by molar-refractivity contribution is 5.69. The topological polar surface area (TPSA) is 46.5 Å².